The first-order chi connectivity index (χ1) is 17.0. The van der Waals surface area contributed by atoms with E-state index in [0.717, 1.165) is 57.8 Å². The first kappa shape index (κ1) is 23.0. The topological polar surface area (TPSA) is 88.0 Å². The molecule has 1 atom stereocenters. The fourth-order valence-corrected chi connectivity index (χ4v) is 5.38. The van der Waals surface area contributed by atoms with E-state index in [-0.39, 0.29) is 11.9 Å². The third-order valence-electron chi connectivity index (χ3n) is 6.20. The molecule has 35 heavy (non-hydrogen) atoms. The lowest BCUT2D eigenvalue weighted by Gasteiger charge is -2.34. The maximum Gasteiger partial charge on any atom is 0.243 e. The SMILES string of the molecule is C=CC(=O)NC1CCCN(c2cc(Cn3ccnc3C)cc(Nc3nc4ccc(C)cc4s3)n2)C1. The van der Waals surface area contributed by atoms with Gasteiger partial charge in [0.2, 0.25) is 5.91 Å². The van der Waals surface area contributed by atoms with Crippen LogP contribution >= 0.6 is 11.3 Å². The van der Waals surface area contributed by atoms with Crippen LogP contribution in [-0.4, -0.2) is 44.6 Å². The average molecular weight is 488 g/mol. The Morgan fingerprint density at radius 2 is 2.14 bits per heavy atom. The van der Waals surface area contributed by atoms with E-state index in [9.17, 15) is 4.79 Å². The smallest absolute Gasteiger partial charge is 0.243 e. The molecule has 1 unspecified atom stereocenters. The van der Waals surface area contributed by atoms with Crippen molar-refractivity contribution in [1.82, 2.24) is 24.8 Å². The van der Waals surface area contributed by atoms with Crippen molar-refractivity contribution in [3.8, 4) is 0 Å². The number of rotatable bonds is 7. The molecule has 1 aromatic carbocycles. The summed E-state index contributed by atoms with van der Waals surface area (Å²) in [4.78, 5) is 28.1. The fraction of sp³-hybridized carbons (Fsp3) is 0.308. The molecule has 1 aliphatic rings. The second-order valence-electron chi connectivity index (χ2n) is 8.93. The van der Waals surface area contributed by atoms with E-state index < -0.39 is 0 Å². The van der Waals surface area contributed by atoms with Crippen LogP contribution in [-0.2, 0) is 11.3 Å². The van der Waals surface area contributed by atoms with E-state index in [1.807, 2.05) is 19.3 Å². The molecule has 0 spiro atoms. The van der Waals surface area contributed by atoms with Crippen molar-refractivity contribution in [3.63, 3.8) is 0 Å². The van der Waals surface area contributed by atoms with Gasteiger partial charge in [-0.15, -0.1) is 0 Å². The van der Waals surface area contributed by atoms with Crippen molar-refractivity contribution in [3.05, 3.63) is 72.3 Å². The van der Waals surface area contributed by atoms with Gasteiger partial charge in [0.15, 0.2) is 5.13 Å². The number of thiazole rings is 1. The number of pyridine rings is 1. The summed E-state index contributed by atoms with van der Waals surface area (Å²) >= 11 is 1.62. The minimum Gasteiger partial charge on any atom is -0.354 e. The molecule has 1 fully saturated rings. The number of nitrogens with one attached hydrogen (secondary N) is 2. The van der Waals surface area contributed by atoms with Crippen LogP contribution in [0.1, 0.15) is 29.8 Å². The normalized spacial score (nSPS) is 15.8. The van der Waals surface area contributed by atoms with E-state index in [1.165, 1.54) is 11.6 Å². The third-order valence-corrected chi connectivity index (χ3v) is 7.14. The average Bonchev–Trinajstić information content (AvgIpc) is 3.43. The molecule has 8 nitrogen and oxygen atoms in total. The molecular formula is C26H29N7OS. The molecule has 4 aromatic rings. The first-order valence-electron chi connectivity index (χ1n) is 11.8. The summed E-state index contributed by atoms with van der Waals surface area (Å²) in [6, 6.07) is 10.6. The Balaban J connectivity index is 1.45. The first-order valence-corrected chi connectivity index (χ1v) is 12.6. The van der Waals surface area contributed by atoms with Crippen LogP contribution in [0.2, 0.25) is 0 Å². The third kappa shape index (κ3) is 5.35. The quantitative estimate of drug-likeness (QED) is 0.372. The van der Waals surface area contributed by atoms with Crippen LogP contribution in [0.5, 0.6) is 0 Å². The molecule has 0 radical (unpaired) electrons. The monoisotopic (exact) mass is 487 g/mol. The van der Waals surface area contributed by atoms with Crippen LogP contribution in [0, 0.1) is 13.8 Å². The lowest BCUT2D eigenvalue weighted by Crippen LogP contribution is -2.47. The molecule has 180 valence electrons. The van der Waals surface area contributed by atoms with E-state index in [4.69, 9.17) is 9.97 Å². The Bertz CT molecular complexity index is 1380. The Morgan fingerprint density at radius 1 is 1.26 bits per heavy atom. The number of anilines is 3. The molecule has 0 aliphatic carbocycles. The molecule has 1 aliphatic heterocycles. The maximum atomic E-state index is 11.9. The zero-order valence-corrected chi connectivity index (χ0v) is 20.8. The Kier molecular flexibility index (Phi) is 6.50. The summed E-state index contributed by atoms with van der Waals surface area (Å²) in [5.74, 6) is 2.47. The molecule has 9 heteroatoms. The van der Waals surface area contributed by atoms with Crippen molar-refractivity contribution >= 4 is 44.2 Å². The summed E-state index contributed by atoms with van der Waals surface area (Å²) in [7, 11) is 0. The molecule has 3 aromatic heterocycles. The number of amides is 1. The number of imidazole rings is 1. The van der Waals surface area contributed by atoms with Gasteiger partial charge in [-0.1, -0.05) is 24.0 Å². The second kappa shape index (κ2) is 9.87. The lowest BCUT2D eigenvalue weighted by molar-refractivity contribution is -0.117. The molecule has 1 amide bonds. The second-order valence-corrected chi connectivity index (χ2v) is 9.96. The Labute approximate surface area is 208 Å². The van der Waals surface area contributed by atoms with Crippen LogP contribution in [0.3, 0.4) is 0 Å². The number of carbonyl (C=O) groups excluding carboxylic acids is 1. The van der Waals surface area contributed by atoms with Crippen LogP contribution < -0.4 is 15.5 Å². The van der Waals surface area contributed by atoms with Crippen molar-refractivity contribution in [2.45, 2.75) is 39.3 Å². The summed E-state index contributed by atoms with van der Waals surface area (Å²) in [5, 5.41) is 7.29. The highest BCUT2D eigenvalue weighted by atomic mass is 32.1. The van der Waals surface area contributed by atoms with E-state index >= 15 is 0 Å². The number of benzene rings is 1. The lowest BCUT2D eigenvalue weighted by atomic mass is 10.1. The van der Waals surface area contributed by atoms with Gasteiger partial charge in [0.1, 0.15) is 17.5 Å². The minimum absolute atomic E-state index is 0.0690. The molecule has 4 heterocycles. The predicted octanol–water partition coefficient (Wildman–Crippen LogP) is 4.57. The molecule has 5 rings (SSSR count). The maximum absolute atomic E-state index is 11.9. The van der Waals surface area contributed by atoms with Crippen LogP contribution in [0.4, 0.5) is 16.8 Å². The number of fused-ring (bicyclic) bond motifs is 1. The Morgan fingerprint density at radius 3 is 2.94 bits per heavy atom. The van der Waals surface area contributed by atoms with Crippen molar-refractivity contribution in [1.29, 1.82) is 0 Å². The summed E-state index contributed by atoms with van der Waals surface area (Å²) in [6.45, 7) is 9.95. The molecule has 2 N–H and O–H groups in total. The zero-order valence-electron chi connectivity index (χ0n) is 20.0. The van der Waals surface area contributed by atoms with Gasteiger partial charge in [-0.3, -0.25) is 4.79 Å². The summed E-state index contributed by atoms with van der Waals surface area (Å²) in [5.41, 5.74) is 3.31. The van der Waals surface area contributed by atoms with E-state index in [0.29, 0.717) is 13.1 Å². The number of hydrogen-bond donors (Lipinski definition) is 2. The zero-order chi connectivity index (χ0) is 24.4. The largest absolute Gasteiger partial charge is 0.354 e. The van der Waals surface area contributed by atoms with Crippen molar-refractivity contribution in [2.24, 2.45) is 0 Å². The minimum atomic E-state index is -0.137. The number of piperidine rings is 1. The van der Waals surface area contributed by atoms with Gasteiger partial charge < -0.3 is 20.1 Å². The van der Waals surface area contributed by atoms with Gasteiger partial charge in [0, 0.05) is 38.1 Å². The highest BCUT2D eigenvalue weighted by Crippen LogP contribution is 2.30. The van der Waals surface area contributed by atoms with Gasteiger partial charge in [-0.05, 0) is 68.2 Å². The summed E-state index contributed by atoms with van der Waals surface area (Å²) in [6.07, 6.45) is 7.05. The number of nitrogens with zero attached hydrogens (tertiary/aromatic N) is 5. The predicted molar refractivity (Wildman–Crippen MR) is 142 cm³/mol. The highest BCUT2D eigenvalue weighted by Gasteiger charge is 2.23. The van der Waals surface area contributed by atoms with Gasteiger partial charge in [0.05, 0.1) is 10.2 Å². The van der Waals surface area contributed by atoms with Crippen molar-refractivity contribution in [2.75, 3.05) is 23.3 Å². The number of aryl methyl sites for hydroxylation is 2. The fourth-order valence-electron chi connectivity index (χ4n) is 4.41. The van der Waals surface area contributed by atoms with E-state index in [1.54, 1.807) is 11.3 Å². The highest BCUT2D eigenvalue weighted by molar-refractivity contribution is 7.22. The number of carbonyl (C=O) groups is 1. The molecule has 0 saturated carbocycles. The summed E-state index contributed by atoms with van der Waals surface area (Å²) < 4.78 is 3.27. The van der Waals surface area contributed by atoms with Gasteiger partial charge in [-0.2, -0.15) is 0 Å². The Hall–Kier alpha value is -3.72. The van der Waals surface area contributed by atoms with Crippen molar-refractivity contribution < 1.29 is 4.79 Å². The van der Waals surface area contributed by atoms with E-state index in [2.05, 4.69) is 68.9 Å². The number of hydrogen-bond acceptors (Lipinski definition) is 7. The standard InChI is InChI=1S/C26H29N7OS/c1-4-25(34)28-20-6-5-10-33(16-20)24-14-19(15-32-11-9-27-18(32)3)13-23(30-24)31-26-29-21-8-7-17(2)12-22(21)35-26/h4,7-9,11-14,20H,1,5-6,10,15-16H2,2-3H3,(H,28,34)(H,29,30,31). The van der Waals surface area contributed by atoms with Crippen LogP contribution in [0.15, 0.2) is 55.4 Å². The molecular weight excluding hydrogens is 458 g/mol. The molecule has 1 saturated heterocycles. The number of aromatic nitrogens is 4. The van der Waals surface area contributed by atoms with Gasteiger partial charge in [-0.25, -0.2) is 15.0 Å². The van der Waals surface area contributed by atoms with Gasteiger partial charge >= 0.3 is 0 Å². The van der Waals surface area contributed by atoms with Crippen LogP contribution in [0.25, 0.3) is 10.2 Å². The molecule has 0 bridgehead atoms. The van der Waals surface area contributed by atoms with Gasteiger partial charge in [0.25, 0.3) is 0 Å².